The molecular formula is C20H44O3Si. The van der Waals surface area contributed by atoms with E-state index in [0.717, 1.165) is 18.5 Å². The molecule has 146 valence electrons. The second-order valence-corrected chi connectivity index (χ2v) is 11.1. The molecule has 0 aromatic rings. The molecule has 0 unspecified atom stereocenters. The van der Waals surface area contributed by atoms with Crippen molar-refractivity contribution >= 4 is 8.32 Å². The summed E-state index contributed by atoms with van der Waals surface area (Å²) < 4.78 is 16.6. The Labute approximate surface area is 153 Å². The summed E-state index contributed by atoms with van der Waals surface area (Å²) in [5.41, 5.74) is 0. The average molecular weight is 361 g/mol. The van der Waals surface area contributed by atoms with Crippen molar-refractivity contribution in [3.05, 3.63) is 0 Å². The van der Waals surface area contributed by atoms with Crippen LogP contribution in [0.5, 0.6) is 0 Å². The van der Waals surface area contributed by atoms with E-state index in [-0.39, 0.29) is 0 Å². The fraction of sp³-hybridized carbons (Fsp3) is 1.00. The Balaban J connectivity index is 3.45. The minimum absolute atomic E-state index is 0.746. The molecule has 0 heterocycles. The maximum absolute atomic E-state index is 5.81. The lowest BCUT2D eigenvalue weighted by atomic mass is 10.1. The molecule has 0 atom stereocenters. The predicted octanol–water partition coefficient (Wildman–Crippen LogP) is 6.04. The van der Waals surface area contributed by atoms with Crippen molar-refractivity contribution in [1.29, 1.82) is 0 Å². The molecule has 4 heteroatoms. The van der Waals surface area contributed by atoms with Crippen LogP contribution in [0.1, 0.15) is 90.4 Å². The first-order valence-electron chi connectivity index (χ1n) is 10.3. The summed E-state index contributed by atoms with van der Waals surface area (Å²) in [4.78, 5) is 0. The molecule has 0 spiro atoms. The number of hydrogen-bond donors (Lipinski definition) is 0. The monoisotopic (exact) mass is 360 g/mol. The minimum atomic E-state index is -1.81. The number of rotatable bonds is 19. The van der Waals surface area contributed by atoms with Crippen LogP contribution in [-0.4, -0.2) is 42.1 Å². The van der Waals surface area contributed by atoms with Crippen LogP contribution < -0.4 is 0 Å². The highest BCUT2D eigenvalue weighted by molar-refractivity contribution is 6.73. The number of ether oxygens (including phenoxy) is 2. The van der Waals surface area contributed by atoms with Gasteiger partial charge in [0.15, 0.2) is 0 Å². The molecule has 0 saturated carbocycles. The normalized spacial score (nSPS) is 12.0. The number of methoxy groups -OCH3 is 2. The van der Waals surface area contributed by atoms with Gasteiger partial charge in [-0.2, -0.15) is 0 Å². The van der Waals surface area contributed by atoms with Crippen LogP contribution in [0.4, 0.5) is 0 Å². The van der Waals surface area contributed by atoms with Gasteiger partial charge in [0, 0.05) is 21.3 Å². The third-order valence-electron chi connectivity index (χ3n) is 4.98. The van der Waals surface area contributed by atoms with E-state index in [1.54, 1.807) is 14.2 Å². The van der Waals surface area contributed by atoms with E-state index in [0.29, 0.717) is 0 Å². The smallest absolute Gasteiger partial charge is 0.242 e. The van der Waals surface area contributed by atoms with Gasteiger partial charge >= 0.3 is 0 Å². The third-order valence-corrected chi connectivity index (χ3v) is 8.74. The van der Waals surface area contributed by atoms with Crippen molar-refractivity contribution < 1.29 is 13.9 Å². The Morgan fingerprint density at radius 3 is 1.25 bits per heavy atom. The van der Waals surface area contributed by atoms with Gasteiger partial charge in [0.05, 0.1) is 12.5 Å². The van der Waals surface area contributed by atoms with Gasteiger partial charge in [0.25, 0.3) is 0 Å². The summed E-state index contributed by atoms with van der Waals surface area (Å²) in [6, 6.07) is 1.16. The summed E-state index contributed by atoms with van der Waals surface area (Å²) in [7, 11) is 3.54. The van der Waals surface area contributed by atoms with E-state index in [9.17, 15) is 0 Å². The molecule has 0 aliphatic rings. The highest BCUT2D eigenvalue weighted by Gasteiger charge is 2.33. The highest BCUT2D eigenvalue weighted by Crippen LogP contribution is 2.18. The molecule has 0 fully saturated rings. The van der Waals surface area contributed by atoms with Gasteiger partial charge in [-0.15, -0.1) is 0 Å². The zero-order valence-corrected chi connectivity index (χ0v) is 18.0. The lowest BCUT2D eigenvalue weighted by Crippen LogP contribution is -2.47. The van der Waals surface area contributed by atoms with E-state index in [1.165, 1.54) is 83.5 Å². The summed E-state index contributed by atoms with van der Waals surface area (Å²) >= 11 is 0. The van der Waals surface area contributed by atoms with Crippen LogP contribution in [0.15, 0.2) is 0 Å². The molecule has 0 N–H and O–H groups in total. The van der Waals surface area contributed by atoms with Gasteiger partial charge in [-0.25, -0.2) is 0 Å². The van der Waals surface area contributed by atoms with Crippen molar-refractivity contribution in [2.75, 3.05) is 33.8 Å². The first-order chi connectivity index (χ1) is 11.7. The minimum Gasteiger partial charge on any atom is -0.415 e. The van der Waals surface area contributed by atoms with Crippen molar-refractivity contribution in [3.63, 3.8) is 0 Å². The van der Waals surface area contributed by atoms with E-state index in [2.05, 4.69) is 6.92 Å². The van der Waals surface area contributed by atoms with E-state index >= 15 is 0 Å². The van der Waals surface area contributed by atoms with Crippen LogP contribution in [0, 0.1) is 0 Å². The molecule has 0 radical (unpaired) electrons. The fourth-order valence-electron chi connectivity index (χ4n) is 3.40. The summed E-state index contributed by atoms with van der Waals surface area (Å²) in [5, 5.41) is 0. The topological polar surface area (TPSA) is 27.7 Å². The quantitative estimate of drug-likeness (QED) is 0.207. The Morgan fingerprint density at radius 1 is 0.542 bits per heavy atom. The molecule has 0 saturated heterocycles. The van der Waals surface area contributed by atoms with Crippen molar-refractivity contribution in [3.8, 4) is 0 Å². The van der Waals surface area contributed by atoms with Crippen molar-refractivity contribution in [1.82, 2.24) is 0 Å². The number of unbranched alkanes of at least 4 members (excludes halogenated alkanes) is 12. The zero-order chi connectivity index (χ0) is 17.9. The summed E-state index contributed by atoms with van der Waals surface area (Å²) in [6.07, 6.45) is 19.7. The van der Waals surface area contributed by atoms with Gasteiger partial charge in [0.1, 0.15) is 0 Å². The summed E-state index contributed by atoms with van der Waals surface area (Å²) in [5.74, 6) is 0. The first-order valence-corrected chi connectivity index (χ1v) is 12.8. The maximum Gasteiger partial charge on any atom is 0.242 e. The van der Waals surface area contributed by atoms with Crippen LogP contribution in [-0.2, 0) is 13.9 Å². The second kappa shape index (κ2) is 17.9. The molecular weight excluding hydrogens is 316 g/mol. The molecule has 0 aromatic carbocycles. The molecule has 0 bridgehead atoms. The number of hydrogen-bond acceptors (Lipinski definition) is 3. The van der Waals surface area contributed by atoms with Crippen LogP contribution >= 0.6 is 0 Å². The summed E-state index contributed by atoms with van der Waals surface area (Å²) in [6.45, 7) is 2.28. The molecule has 3 nitrogen and oxygen atoms in total. The van der Waals surface area contributed by atoms with E-state index in [4.69, 9.17) is 13.9 Å². The Hall–Kier alpha value is 0.0969. The fourth-order valence-corrected chi connectivity index (χ4v) is 6.16. The van der Waals surface area contributed by atoms with Gasteiger partial charge in [0.2, 0.25) is 8.32 Å². The Bertz CT molecular complexity index is 243. The maximum atomic E-state index is 5.81. The molecule has 0 aromatic heterocycles. The first kappa shape index (κ1) is 24.1. The Morgan fingerprint density at radius 2 is 0.917 bits per heavy atom. The largest absolute Gasteiger partial charge is 0.415 e. The Kier molecular flexibility index (Phi) is 18.0. The zero-order valence-electron chi connectivity index (χ0n) is 17.0. The molecule has 0 rings (SSSR count). The predicted molar refractivity (Wildman–Crippen MR) is 107 cm³/mol. The van der Waals surface area contributed by atoms with Gasteiger partial charge in [-0.1, -0.05) is 90.4 Å². The van der Waals surface area contributed by atoms with E-state index < -0.39 is 8.32 Å². The van der Waals surface area contributed by atoms with Crippen LogP contribution in [0.25, 0.3) is 0 Å². The van der Waals surface area contributed by atoms with Crippen molar-refractivity contribution in [2.45, 2.75) is 96.4 Å². The van der Waals surface area contributed by atoms with Gasteiger partial charge in [-0.05, 0) is 6.04 Å². The molecule has 0 amide bonds. The lowest BCUT2D eigenvalue weighted by molar-refractivity contribution is 0.180. The van der Waals surface area contributed by atoms with Crippen LogP contribution in [0.3, 0.4) is 0 Å². The van der Waals surface area contributed by atoms with Gasteiger partial charge < -0.3 is 13.9 Å². The van der Waals surface area contributed by atoms with Crippen LogP contribution in [0.2, 0.25) is 6.04 Å². The average Bonchev–Trinajstić information content (AvgIpc) is 2.59. The standard InChI is InChI=1S/C20H44O3Si/c1-5-6-7-8-9-10-11-12-13-14-15-16-17-18-24(23-4,19-21-2)20-22-3/h5-20H2,1-4H3. The van der Waals surface area contributed by atoms with E-state index in [1.807, 2.05) is 7.11 Å². The molecule has 24 heavy (non-hydrogen) atoms. The SMILES string of the molecule is CCCCCCCCCCCCCCC[Si](COC)(COC)OC. The lowest BCUT2D eigenvalue weighted by Gasteiger charge is -2.28. The molecule has 0 aliphatic heterocycles. The second-order valence-electron chi connectivity index (χ2n) is 7.25. The third kappa shape index (κ3) is 13.4. The van der Waals surface area contributed by atoms with Gasteiger partial charge in [-0.3, -0.25) is 0 Å². The van der Waals surface area contributed by atoms with Crippen molar-refractivity contribution in [2.24, 2.45) is 0 Å². The highest BCUT2D eigenvalue weighted by atomic mass is 28.4. The molecule has 0 aliphatic carbocycles.